The van der Waals surface area contributed by atoms with E-state index in [0.29, 0.717) is 17.0 Å². The monoisotopic (exact) mass is 247 g/mol. The van der Waals surface area contributed by atoms with Gasteiger partial charge in [-0.15, -0.1) is 0 Å². The summed E-state index contributed by atoms with van der Waals surface area (Å²) < 4.78 is 0. The summed E-state index contributed by atoms with van der Waals surface area (Å²) in [6.07, 6.45) is 4.26. The van der Waals surface area contributed by atoms with Crippen LogP contribution in [-0.2, 0) is 0 Å². The molecule has 0 saturated heterocycles. The molecule has 1 aliphatic carbocycles. The Hall–Kier alpha value is -1.58. The molecular formula is C14H21N3O. The summed E-state index contributed by atoms with van der Waals surface area (Å²) in [5.41, 5.74) is 1.88. The number of carbonyl (C=O) groups is 1. The van der Waals surface area contributed by atoms with Crippen molar-refractivity contribution < 1.29 is 4.79 Å². The molecule has 1 amide bonds. The molecule has 1 aromatic rings. The van der Waals surface area contributed by atoms with E-state index < -0.39 is 0 Å². The fourth-order valence-electron chi connectivity index (χ4n) is 2.19. The van der Waals surface area contributed by atoms with Crippen molar-refractivity contribution in [1.29, 1.82) is 0 Å². The zero-order valence-corrected chi connectivity index (χ0v) is 11.3. The molecule has 0 spiro atoms. The third-order valence-electron chi connectivity index (χ3n) is 3.98. The number of anilines is 1. The highest BCUT2D eigenvalue weighted by Gasteiger charge is 2.44. The van der Waals surface area contributed by atoms with E-state index in [1.165, 1.54) is 12.8 Å². The number of pyridine rings is 1. The number of rotatable bonds is 5. The second kappa shape index (κ2) is 4.96. The molecule has 0 bridgehead atoms. The van der Waals surface area contributed by atoms with Gasteiger partial charge < -0.3 is 10.6 Å². The second-order valence-corrected chi connectivity index (χ2v) is 5.38. The van der Waals surface area contributed by atoms with Crippen molar-refractivity contribution in [2.24, 2.45) is 11.3 Å². The fraction of sp³-hybridized carbons (Fsp3) is 0.571. The van der Waals surface area contributed by atoms with Crippen molar-refractivity contribution in [3.63, 3.8) is 0 Å². The van der Waals surface area contributed by atoms with Crippen LogP contribution < -0.4 is 10.6 Å². The topological polar surface area (TPSA) is 54.0 Å². The van der Waals surface area contributed by atoms with E-state index >= 15 is 0 Å². The third kappa shape index (κ3) is 2.63. The summed E-state index contributed by atoms with van der Waals surface area (Å²) in [5, 5.41) is 6.01. The number of carbonyl (C=O) groups excluding carboxylic acids is 1. The highest BCUT2D eigenvalue weighted by atomic mass is 16.1. The Morgan fingerprint density at radius 2 is 2.22 bits per heavy atom. The van der Waals surface area contributed by atoms with Crippen molar-refractivity contribution >= 4 is 11.6 Å². The summed E-state index contributed by atoms with van der Waals surface area (Å²) in [6, 6.07) is 3.71. The molecule has 1 fully saturated rings. The van der Waals surface area contributed by atoms with Crippen LogP contribution in [0.4, 0.5) is 5.69 Å². The zero-order chi connectivity index (χ0) is 13.2. The molecule has 0 atom stereocenters. The van der Waals surface area contributed by atoms with Gasteiger partial charge in [0.25, 0.3) is 5.91 Å². The van der Waals surface area contributed by atoms with Crippen LogP contribution in [0.2, 0.25) is 0 Å². The van der Waals surface area contributed by atoms with Gasteiger partial charge in [-0.1, -0.05) is 13.8 Å². The summed E-state index contributed by atoms with van der Waals surface area (Å²) >= 11 is 0. The first-order valence-electron chi connectivity index (χ1n) is 6.49. The molecule has 4 nitrogen and oxygen atoms in total. The Kier molecular flexibility index (Phi) is 3.55. The second-order valence-electron chi connectivity index (χ2n) is 5.38. The van der Waals surface area contributed by atoms with Crippen LogP contribution >= 0.6 is 0 Å². The van der Waals surface area contributed by atoms with E-state index in [2.05, 4.69) is 29.5 Å². The Bertz CT molecular complexity index is 438. The highest BCUT2D eigenvalue weighted by molar-refractivity contribution is 5.92. The van der Waals surface area contributed by atoms with Gasteiger partial charge in [0.05, 0.1) is 0 Å². The van der Waals surface area contributed by atoms with Crippen molar-refractivity contribution in [3.8, 4) is 0 Å². The van der Waals surface area contributed by atoms with Gasteiger partial charge in [0.15, 0.2) is 0 Å². The molecule has 0 unspecified atom stereocenters. The molecule has 98 valence electrons. The molecular weight excluding hydrogens is 226 g/mol. The predicted octanol–water partition coefficient (Wildman–Crippen LogP) is 2.29. The lowest BCUT2D eigenvalue weighted by molar-refractivity contribution is 0.0958. The van der Waals surface area contributed by atoms with Gasteiger partial charge in [-0.05, 0) is 36.3 Å². The molecule has 2 N–H and O–H groups in total. The van der Waals surface area contributed by atoms with Gasteiger partial charge in [-0.25, -0.2) is 0 Å². The van der Waals surface area contributed by atoms with E-state index in [1.54, 1.807) is 19.3 Å². The molecule has 2 rings (SSSR count). The van der Waals surface area contributed by atoms with Gasteiger partial charge in [0.1, 0.15) is 5.69 Å². The lowest BCUT2D eigenvalue weighted by Gasteiger charge is -2.20. The number of hydrogen-bond acceptors (Lipinski definition) is 3. The highest BCUT2D eigenvalue weighted by Crippen LogP contribution is 2.51. The molecule has 18 heavy (non-hydrogen) atoms. The van der Waals surface area contributed by atoms with Crippen LogP contribution in [0.15, 0.2) is 18.3 Å². The van der Waals surface area contributed by atoms with E-state index in [1.807, 2.05) is 6.07 Å². The van der Waals surface area contributed by atoms with Crippen LogP contribution in [-0.4, -0.2) is 24.5 Å². The Morgan fingerprint density at radius 1 is 1.50 bits per heavy atom. The van der Waals surface area contributed by atoms with Crippen LogP contribution in [0.25, 0.3) is 0 Å². The van der Waals surface area contributed by atoms with Crippen LogP contribution in [0, 0.1) is 11.3 Å². The Morgan fingerprint density at radius 3 is 2.78 bits per heavy atom. The maximum absolute atomic E-state index is 11.5. The quantitative estimate of drug-likeness (QED) is 0.839. The minimum Gasteiger partial charge on any atom is -0.384 e. The Labute approximate surface area is 108 Å². The molecule has 1 aliphatic rings. The maximum Gasteiger partial charge on any atom is 0.269 e. The number of amides is 1. The standard InChI is InChI=1S/C14H21N3O/c1-10(2)14(5-6-14)9-17-11-4-7-16-12(8-11)13(18)15-3/h4,7-8,10H,5-6,9H2,1-3H3,(H,15,18)(H,16,17). The zero-order valence-electron chi connectivity index (χ0n) is 11.3. The first kappa shape index (κ1) is 12.9. The SMILES string of the molecule is CNC(=O)c1cc(NCC2(C(C)C)CC2)ccn1. The molecule has 0 aliphatic heterocycles. The normalized spacial score (nSPS) is 16.4. The number of aromatic nitrogens is 1. The van der Waals surface area contributed by atoms with E-state index in [0.717, 1.165) is 12.2 Å². The first-order chi connectivity index (χ1) is 8.57. The lowest BCUT2D eigenvalue weighted by atomic mass is 9.92. The molecule has 0 radical (unpaired) electrons. The predicted molar refractivity (Wildman–Crippen MR) is 72.6 cm³/mol. The molecule has 4 heteroatoms. The number of nitrogens with one attached hydrogen (secondary N) is 2. The van der Waals surface area contributed by atoms with Gasteiger partial charge >= 0.3 is 0 Å². The Balaban J connectivity index is 2.00. The van der Waals surface area contributed by atoms with Gasteiger partial charge in [-0.3, -0.25) is 9.78 Å². The molecule has 1 heterocycles. The van der Waals surface area contributed by atoms with Gasteiger partial charge in [-0.2, -0.15) is 0 Å². The summed E-state index contributed by atoms with van der Waals surface area (Å²) in [7, 11) is 1.61. The number of nitrogens with zero attached hydrogens (tertiary/aromatic N) is 1. The van der Waals surface area contributed by atoms with E-state index in [-0.39, 0.29) is 5.91 Å². The average Bonchev–Trinajstić information content (AvgIpc) is 3.17. The van der Waals surface area contributed by atoms with E-state index in [9.17, 15) is 4.79 Å². The smallest absolute Gasteiger partial charge is 0.269 e. The van der Waals surface area contributed by atoms with Crippen LogP contribution in [0.1, 0.15) is 37.2 Å². The summed E-state index contributed by atoms with van der Waals surface area (Å²) in [4.78, 5) is 15.5. The van der Waals surface area contributed by atoms with Crippen LogP contribution in [0.3, 0.4) is 0 Å². The fourth-order valence-corrected chi connectivity index (χ4v) is 2.19. The van der Waals surface area contributed by atoms with Crippen molar-refractivity contribution in [2.45, 2.75) is 26.7 Å². The van der Waals surface area contributed by atoms with Gasteiger partial charge in [0, 0.05) is 25.5 Å². The summed E-state index contributed by atoms with van der Waals surface area (Å²) in [6.45, 7) is 5.52. The molecule has 0 aromatic carbocycles. The average molecular weight is 247 g/mol. The summed E-state index contributed by atoms with van der Waals surface area (Å²) in [5.74, 6) is 0.550. The van der Waals surface area contributed by atoms with Crippen molar-refractivity contribution in [1.82, 2.24) is 10.3 Å². The van der Waals surface area contributed by atoms with Crippen LogP contribution in [0.5, 0.6) is 0 Å². The lowest BCUT2D eigenvalue weighted by Crippen LogP contribution is -2.22. The third-order valence-corrected chi connectivity index (χ3v) is 3.98. The maximum atomic E-state index is 11.5. The first-order valence-corrected chi connectivity index (χ1v) is 6.49. The van der Waals surface area contributed by atoms with E-state index in [4.69, 9.17) is 0 Å². The molecule has 1 aromatic heterocycles. The molecule has 1 saturated carbocycles. The minimum atomic E-state index is -0.149. The van der Waals surface area contributed by atoms with Crippen molar-refractivity contribution in [3.05, 3.63) is 24.0 Å². The minimum absolute atomic E-state index is 0.149. The largest absolute Gasteiger partial charge is 0.384 e. The number of hydrogen-bond donors (Lipinski definition) is 2. The van der Waals surface area contributed by atoms with Crippen molar-refractivity contribution in [2.75, 3.05) is 18.9 Å². The van der Waals surface area contributed by atoms with Gasteiger partial charge in [0.2, 0.25) is 0 Å².